The van der Waals surface area contributed by atoms with Gasteiger partial charge in [-0.1, -0.05) is 25.8 Å². The molecule has 0 amide bonds. The van der Waals surface area contributed by atoms with Gasteiger partial charge < -0.3 is 10.2 Å². The standard InChI is InChI=1S/C16H27N3/c1-12-6-5-7-15(10-12)19(4)16-9-8-14(11-18-16)13(2)17-3/h8-9,11-13,15,17H,5-7,10H2,1-4H3. The minimum absolute atomic E-state index is 0.363. The van der Waals surface area contributed by atoms with E-state index in [-0.39, 0.29) is 0 Å². The number of hydrogen-bond acceptors (Lipinski definition) is 3. The van der Waals surface area contributed by atoms with E-state index in [0.717, 1.165) is 11.7 Å². The Bertz CT molecular complexity index is 387. The van der Waals surface area contributed by atoms with Gasteiger partial charge in [-0.3, -0.25) is 0 Å². The summed E-state index contributed by atoms with van der Waals surface area (Å²) in [4.78, 5) is 7.00. The molecule has 0 spiro atoms. The van der Waals surface area contributed by atoms with Crippen LogP contribution in [0.2, 0.25) is 0 Å². The second-order valence-electron chi connectivity index (χ2n) is 6.00. The molecule has 1 aliphatic rings. The summed E-state index contributed by atoms with van der Waals surface area (Å²) in [5.41, 5.74) is 1.25. The fourth-order valence-electron chi connectivity index (χ4n) is 2.97. The summed E-state index contributed by atoms with van der Waals surface area (Å²) in [5, 5.41) is 3.25. The minimum Gasteiger partial charge on any atom is -0.357 e. The molecule has 1 aliphatic carbocycles. The second kappa shape index (κ2) is 6.38. The van der Waals surface area contributed by atoms with Crippen molar-refractivity contribution in [2.24, 2.45) is 5.92 Å². The maximum absolute atomic E-state index is 4.63. The molecule has 0 bridgehead atoms. The Hall–Kier alpha value is -1.09. The molecule has 0 radical (unpaired) electrons. The van der Waals surface area contributed by atoms with Gasteiger partial charge in [0, 0.05) is 25.3 Å². The predicted octanol–water partition coefficient (Wildman–Crippen LogP) is 3.38. The monoisotopic (exact) mass is 261 g/mol. The number of nitrogens with zero attached hydrogens (tertiary/aromatic N) is 2. The van der Waals surface area contributed by atoms with Crippen LogP contribution in [0, 0.1) is 5.92 Å². The van der Waals surface area contributed by atoms with Crippen molar-refractivity contribution < 1.29 is 0 Å². The summed E-state index contributed by atoms with van der Waals surface area (Å²) in [7, 11) is 4.17. The zero-order chi connectivity index (χ0) is 13.8. The van der Waals surface area contributed by atoms with Gasteiger partial charge in [-0.25, -0.2) is 4.98 Å². The van der Waals surface area contributed by atoms with Crippen molar-refractivity contribution in [3.8, 4) is 0 Å². The molecule has 0 aromatic carbocycles. The summed E-state index contributed by atoms with van der Waals surface area (Å²) in [6.07, 6.45) is 7.34. The van der Waals surface area contributed by atoms with Crippen LogP contribution in [0.1, 0.15) is 51.1 Å². The molecule has 3 heteroatoms. The quantitative estimate of drug-likeness (QED) is 0.900. The summed E-state index contributed by atoms with van der Waals surface area (Å²) in [6, 6.07) is 5.36. The Morgan fingerprint density at radius 3 is 2.74 bits per heavy atom. The molecule has 1 heterocycles. The zero-order valence-corrected chi connectivity index (χ0v) is 12.7. The Morgan fingerprint density at radius 2 is 2.16 bits per heavy atom. The first kappa shape index (κ1) is 14.3. The third-order valence-electron chi connectivity index (χ3n) is 4.52. The van der Waals surface area contributed by atoms with Crippen LogP contribution in [0.5, 0.6) is 0 Å². The Morgan fingerprint density at radius 1 is 1.37 bits per heavy atom. The molecule has 3 nitrogen and oxygen atoms in total. The number of hydrogen-bond donors (Lipinski definition) is 1. The van der Waals surface area contributed by atoms with E-state index >= 15 is 0 Å². The number of pyridine rings is 1. The fraction of sp³-hybridized carbons (Fsp3) is 0.688. The van der Waals surface area contributed by atoms with Gasteiger partial charge in [0.05, 0.1) is 0 Å². The maximum atomic E-state index is 4.63. The van der Waals surface area contributed by atoms with Gasteiger partial charge in [0.15, 0.2) is 0 Å². The van der Waals surface area contributed by atoms with Gasteiger partial charge in [0.2, 0.25) is 0 Å². The van der Waals surface area contributed by atoms with Gasteiger partial charge in [-0.05, 0) is 44.4 Å². The first-order chi connectivity index (χ1) is 9.11. The maximum Gasteiger partial charge on any atom is 0.128 e. The molecule has 106 valence electrons. The van der Waals surface area contributed by atoms with Crippen LogP contribution in [0.4, 0.5) is 5.82 Å². The van der Waals surface area contributed by atoms with E-state index in [1.54, 1.807) is 0 Å². The number of nitrogens with one attached hydrogen (secondary N) is 1. The highest BCUT2D eigenvalue weighted by Gasteiger charge is 2.23. The molecule has 19 heavy (non-hydrogen) atoms. The van der Waals surface area contributed by atoms with E-state index in [0.29, 0.717) is 12.1 Å². The lowest BCUT2D eigenvalue weighted by atomic mass is 9.86. The molecular weight excluding hydrogens is 234 g/mol. The lowest BCUT2D eigenvalue weighted by Crippen LogP contribution is -2.36. The van der Waals surface area contributed by atoms with Gasteiger partial charge in [0.25, 0.3) is 0 Å². The molecule has 2 rings (SSSR count). The highest BCUT2D eigenvalue weighted by molar-refractivity contribution is 5.40. The molecule has 0 aliphatic heterocycles. The van der Waals surface area contributed by atoms with E-state index in [2.05, 4.69) is 48.2 Å². The third kappa shape index (κ3) is 3.47. The molecule has 3 atom stereocenters. The first-order valence-corrected chi connectivity index (χ1v) is 7.48. The van der Waals surface area contributed by atoms with Crippen molar-refractivity contribution in [2.75, 3.05) is 19.0 Å². The van der Waals surface area contributed by atoms with E-state index < -0.39 is 0 Å². The van der Waals surface area contributed by atoms with Crippen LogP contribution >= 0.6 is 0 Å². The van der Waals surface area contributed by atoms with E-state index in [1.807, 2.05) is 13.2 Å². The summed E-state index contributed by atoms with van der Waals surface area (Å²) < 4.78 is 0. The van der Waals surface area contributed by atoms with Crippen molar-refractivity contribution in [1.82, 2.24) is 10.3 Å². The topological polar surface area (TPSA) is 28.2 Å². The average molecular weight is 261 g/mol. The number of rotatable bonds is 4. The lowest BCUT2D eigenvalue weighted by Gasteiger charge is -2.35. The predicted molar refractivity (Wildman–Crippen MR) is 81.5 cm³/mol. The molecule has 1 saturated carbocycles. The molecule has 1 fully saturated rings. The molecule has 1 aromatic heterocycles. The van der Waals surface area contributed by atoms with E-state index in [9.17, 15) is 0 Å². The third-order valence-corrected chi connectivity index (χ3v) is 4.52. The fourth-order valence-corrected chi connectivity index (χ4v) is 2.97. The van der Waals surface area contributed by atoms with Gasteiger partial charge in [-0.15, -0.1) is 0 Å². The average Bonchev–Trinajstić information content (AvgIpc) is 2.46. The largest absolute Gasteiger partial charge is 0.357 e. The van der Waals surface area contributed by atoms with Gasteiger partial charge >= 0.3 is 0 Å². The molecule has 1 N–H and O–H groups in total. The molecular formula is C16H27N3. The summed E-state index contributed by atoms with van der Waals surface area (Å²) in [6.45, 7) is 4.52. The highest BCUT2D eigenvalue weighted by atomic mass is 15.2. The summed E-state index contributed by atoms with van der Waals surface area (Å²) >= 11 is 0. The molecule has 3 unspecified atom stereocenters. The van der Waals surface area contributed by atoms with E-state index in [4.69, 9.17) is 0 Å². The van der Waals surface area contributed by atoms with Crippen molar-refractivity contribution in [3.63, 3.8) is 0 Å². The van der Waals surface area contributed by atoms with Crippen molar-refractivity contribution in [3.05, 3.63) is 23.9 Å². The summed E-state index contributed by atoms with van der Waals surface area (Å²) in [5.74, 6) is 1.95. The van der Waals surface area contributed by atoms with Crippen LogP contribution in [-0.4, -0.2) is 25.1 Å². The minimum atomic E-state index is 0.363. The molecule has 1 aromatic rings. The second-order valence-corrected chi connectivity index (χ2v) is 6.00. The SMILES string of the molecule is CNC(C)c1ccc(N(C)C2CCCC(C)C2)nc1. The highest BCUT2D eigenvalue weighted by Crippen LogP contribution is 2.29. The Balaban J connectivity index is 2.04. The number of aromatic nitrogens is 1. The van der Waals surface area contributed by atoms with Crippen molar-refractivity contribution in [2.45, 2.75) is 51.6 Å². The van der Waals surface area contributed by atoms with Crippen LogP contribution < -0.4 is 10.2 Å². The smallest absolute Gasteiger partial charge is 0.128 e. The van der Waals surface area contributed by atoms with Crippen LogP contribution in [-0.2, 0) is 0 Å². The normalized spacial score (nSPS) is 25.1. The van der Waals surface area contributed by atoms with Crippen LogP contribution in [0.3, 0.4) is 0 Å². The van der Waals surface area contributed by atoms with Crippen molar-refractivity contribution in [1.29, 1.82) is 0 Å². The van der Waals surface area contributed by atoms with E-state index in [1.165, 1.54) is 31.2 Å². The Kier molecular flexibility index (Phi) is 4.81. The number of anilines is 1. The van der Waals surface area contributed by atoms with Gasteiger partial charge in [0.1, 0.15) is 5.82 Å². The van der Waals surface area contributed by atoms with Gasteiger partial charge in [-0.2, -0.15) is 0 Å². The first-order valence-electron chi connectivity index (χ1n) is 7.48. The lowest BCUT2D eigenvalue weighted by molar-refractivity contribution is 0.335. The molecule has 0 saturated heterocycles. The van der Waals surface area contributed by atoms with Crippen LogP contribution in [0.15, 0.2) is 18.3 Å². The zero-order valence-electron chi connectivity index (χ0n) is 12.7. The van der Waals surface area contributed by atoms with Crippen molar-refractivity contribution >= 4 is 5.82 Å². The van der Waals surface area contributed by atoms with Crippen LogP contribution in [0.25, 0.3) is 0 Å². The Labute approximate surface area is 117 Å².